The van der Waals surface area contributed by atoms with Crippen LogP contribution in [-0.2, 0) is 5.41 Å². The molecule has 0 saturated heterocycles. The zero-order chi connectivity index (χ0) is 10.9. The fraction of sp³-hybridized carbons (Fsp3) is 0.538. The van der Waals surface area contributed by atoms with Crippen molar-refractivity contribution in [3.8, 4) is 5.75 Å². The molecule has 1 N–H and O–H groups in total. The summed E-state index contributed by atoms with van der Waals surface area (Å²) in [7, 11) is 1.71. The van der Waals surface area contributed by atoms with E-state index in [1.807, 2.05) is 18.2 Å². The van der Waals surface area contributed by atoms with E-state index < -0.39 is 0 Å². The Kier molecular flexibility index (Phi) is 2.70. The molecule has 1 saturated carbocycles. The Morgan fingerprint density at radius 2 is 2.20 bits per heavy atom. The van der Waals surface area contributed by atoms with E-state index in [0.29, 0.717) is 5.92 Å². The Labute approximate surface area is 90.9 Å². The lowest BCUT2D eigenvalue weighted by atomic mass is 9.90. The van der Waals surface area contributed by atoms with E-state index in [4.69, 9.17) is 4.74 Å². The van der Waals surface area contributed by atoms with Crippen LogP contribution in [0, 0.1) is 5.92 Å². The standard InChI is InChI=1S/C13H18O2/c1-3-13(8-10(13)9-14)11-6-4-5-7-12(11)15-2/h4-7,10,14H,3,8-9H2,1-2H3. The van der Waals surface area contributed by atoms with Crippen molar-refractivity contribution in [3.05, 3.63) is 29.8 Å². The summed E-state index contributed by atoms with van der Waals surface area (Å²) in [4.78, 5) is 0. The van der Waals surface area contributed by atoms with Gasteiger partial charge in [-0.05, 0) is 24.8 Å². The van der Waals surface area contributed by atoms with Crippen LogP contribution in [0.5, 0.6) is 5.75 Å². The molecule has 1 aromatic carbocycles. The number of benzene rings is 1. The van der Waals surface area contributed by atoms with E-state index in [0.717, 1.165) is 18.6 Å². The summed E-state index contributed by atoms with van der Waals surface area (Å²) < 4.78 is 5.38. The van der Waals surface area contributed by atoms with E-state index >= 15 is 0 Å². The summed E-state index contributed by atoms with van der Waals surface area (Å²) in [5.41, 5.74) is 1.43. The van der Waals surface area contributed by atoms with Gasteiger partial charge in [0, 0.05) is 17.6 Å². The van der Waals surface area contributed by atoms with Crippen molar-refractivity contribution >= 4 is 0 Å². The second-order valence-corrected chi connectivity index (χ2v) is 4.29. The highest BCUT2D eigenvalue weighted by molar-refractivity contribution is 5.44. The Bertz CT molecular complexity index is 348. The number of ether oxygens (including phenoxy) is 1. The quantitative estimate of drug-likeness (QED) is 0.819. The molecule has 0 spiro atoms. The van der Waals surface area contributed by atoms with Gasteiger partial charge in [-0.3, -0.25) is 0 Å². The maximum absolute atomic E-state index is 9.26. The van der Waals surface area contributed by atoms with Crippen molar-refractivity contribution in [2.75, 3.05) is 13.7 Å². The maximum Gasteiger partial charge on any atom is 0.122 e. The van der Waals surface area contributed by atoms with Crippen LogP contribution in [0.15, 0.2) is 24.3 Å². The minimum absolute atomic E-state index is 0.168. The van der Waals surface area contributed by atoms with Crippen LogP contribution >= 0.6 is 0 Å². The molecule has 2 nitrogen and oxygen atoms in total. The number of rotatable bonds is 4. The number of methoxy groups -OCH3 is 1. The van der Waals surface area contributed by atoms with E-state index in [-0.39, 0.29) is 12.0 Å². The fourth-order valence-electron chi connectivity index (χ4n) is 2.63. The van der Waals surface area contributed by atoms with Gasteiger partial charge >= 0.3 is 0 Å². The molecule has 1 aliphatic carbocycles. The zero-order valence-corrected chi connectivity index (χ0v) is 9.36. The van der Waals surface area contributed by atoms with Gasteiger partial charge in [0.2, 0.25) is 0 Å². The van der Waals surface area contributed by atoms with Crippen LogP contribution in [0.1, 0.15) is 25.3 Å². The smallest absolute Gasteiger partial charge is 0.122 e. The van der Waals surface area contributed by atoms with E-state index in [1.165, 1.54) is 5.56 Å². The van der Waals surface area contributed by atoms with Crippen molar-refractivity contribution in [1.29, 1.82) is 0 Å². The molecule has 0 aromatic heterocycles. The summed E-state index contributed by atoms with van der Waals surface area (Å²) in [5.74, 6) is 1.37. The van der Waals surface area contributed by atoms with Crippen LogP contribution in [0.3, 0.4) is 0 Å². The fourth-order valence-corrected chi connectivity index (χ4v) is 2.63. The molecular weight excluding hydrogens is 188 g/mol. The summed E-state index contributed by atoms with van der Waals surface area (Å²) in [6.45, 7) is 2.47. The largest absolute Gasteiger partial charge is 0.496 e. The van der Waals surface area contributed by atoms with Crippen LogP contribution in [0.25, 0.3) is 0 Å². The number of hydrogen-bond acceptors (Lipinski definition) is 2. The van der Waals surface area contributed by atoms with Crippen LogP contribution in [0.4, 0.5) is 0 Å². The third kappa shape index (κ3) is 1.53. The molecule has 2 atom stereocenters. The highest BCUT2D eigenvalue weighted by Gasteiger charge is 2.54. The van der Waals surface area contributed by atoms with Crippen LogP contribution < -0.4 is 4.74 Å². The molecule has 15 heavy (non-hydrogen) atoms. The van der Waals surface area contributed by atoms with E-state index in [9.17, 15) is 5.11 Å². The van der Waals surface area contributed by atoms with Gasteiger partial charge in [0.05, 0.1) is 7.11 Å². The first-order chi connectivity index (χ1) is 7.28. The van der Waals surface area contributed by atoms with Gasteiger partial charge in [0.15, 0.2) is 0 Å². The number of aliphatic hydroxyl groups excluding tert-OH is 1. The van der Waals surface area contributed by atoms with Crippen molar-refractivity contribution < 1.29 is 9.84 Å². The van der Waals surface area contributed by atoms with Gasteiger partial charge in [0.25, 0.3) is 0 Å². The summed E-state index contributed by atoms with van der Waals surface area (Å²) in [5, 5.41) is 9.26. The second-order valence-electron chi connectivity index (χ2n) is 4.29. The van der Waals surface area contributed by atoms with Gasteiger partial charge in [-0.1, -0.05) is 25.1 Å². The molecule has 0 heterocycles. The Morgan fingerprint density at radius 1 is 1.47 bits per heavy atom. The maximum atomic E-state index is 9.26. The van der Waals surface area contributed by atoms with Gasteiger partial charge < -0.3 is 9.84 Å². The lowest BCUT2D eigenvalue weighted by molar-refractivity contribution is 0.261. The predicted molar refractivity (Wildman–Crippen MR) is 60.2 cm³/mol. The third-order valence-corrected chi connectivity index (χ3v) is 3.73. The first kappa shape index (κ1) is 10.5. The Morgan fingerprint density at radius 3 is 2.73 bits per heavy atom. The minimum atomic E-state index is 0.168. The van der Waals surface area contributed by atoms with Gasteiger partial charge in [-0.15, -0.1) is 0 Å². The molecular formula is C13H18O2. The normalized spacial score (nSPS) is 28.9. The highest BCUT2D eigenvalue weighted by atomic mass is 16.5. The monoisotopic (exact) mass is 206 g/mol. The number of aliphatic hydroxyl groups is 1. The summed E-state index contributed by atoms with van der Waals surface area (Å²) in [6, 6.07) is 8.15. The van der Waals surface area contributed by atoms with Crippen molar-refractivity contribution in [2.45, 2.75) is 25.2 Å². The summed E-state index contributed by atoms with van der Waals surface area (Å²) >= 11 is 0. The number of para-hydroxylation sites is 1. The minimum Gasteiger partial charge on any atom is -0.496 e. The molecule has 82 valence electrons. The Hall–Kier alpha value is -1.02. The topological polar surface area (TPSA) is 29.5 Å². The molecule has 2 unspecified atom stereocenters. The van der Waals surface area contributed by atoms with Gasteiger partial charge in [0.1, 0.15) is 5.75 Å². The van der Waals surface area contributed by atoms with Gasteiger partial charge in [-0.2, -0.15) is 0 Å². The SMILES string of the molecule is CCC1(c2ccccc2OC)CC1CO. The lowest BCUT2D eigenvalue weighted by Crippen LogP contribution is -2.12. The molecule has 2 heteroatoms. The first-order valence-electron chi connectivity index (χ1n) is 5.53. The van der Waals surface area contributed by atoms with Crippen molar-refractivity contribution in [1.82, 2.24) is 0 Å². The van der Waals surface area contributed by atoms with E-state index in [1.54, 1.807) is 7.11 Å². The molecule has 0 bridgehead atoms. The third-order valence-electron chi connectivity index (χ3n) is 3.73. The number of hydrogen-bond donors (Lipinski definition) is 1. The molecule has 1 aromatic rings. The zero-order valence-electron chi connectivity index (χ0n) is 9.36. The highest BCUT2D eigenvalue weighted by Crippen LogP contribution is 2.58. The van der Waals surface area contributed by atoms with Crippen molar-refractivity contribution in [2.24, 2.45) is 5.92 Å². The molecule has 1 aliphatic rings. The molecule has 0 amide bonds. The average Bonchev–Trinajstić information content (AvgIpc) is 3.04. The first-order valence-corrected chi connectivity index (χ1v) is 5.53. The molecule has 1 fully saturated rings. The summed E-state index contributed by atoms with van der Waals surface area (Å²) in [6.07, 6.45) is 2.15. The average molecular weight is 206 g/mol. The predicted octanol–water partition coefficient (Wildman–Crippen LogP) is 2.36. The van der Waals surface area contributed by atoms with Gasteiger partial charge in [-0.25, -0.2) is 0 Å². The van der Waals surface area contributed by atoms with Crippen LogP contribution in [0.2, 0.25) is 0 Å². The second kappa shape index (κ2) is 3.86. The molecule has 0 radical (unpaired) electrons. The molecule has 0 aliphatic heterocycles. The van der Waals surface area contributed by atoms with Crippen LogP contribution in [-0.4, -0.2) is 18.8 Å². The van der Waals surface area contributed by atoms with E-state index in [2.05, 4.69) is 13.0 Å². The molecule has 2 rings (SSSR count). The Balaban J connectivity index is 2.36. The lowest BCUT2D eigenvalue weighted by Gasteiger charge is -2.18. The van der Waals surface area contributed by atoms with Crippen molar-refractivity contribution in [3.63, 3.8) is 0 Å².